The summed E-state index contributed by atoms with van der Waals surface area (Å²) in [4.78, 5) is 24.6. The maximum Gasteiger partial charge on any atom is 0.309 e. The molecule has 0 amide bonds. The average molecular weight is 373 g/mol. The number of ether oxygens (including phenoxy) is 2. The minimum atomic E-state index is -0.327. The van der Waals surface area contributed by atoms with E-state index in [2.05, 4.69) is 0 Å². The first-order chi connectivity index (χ1) is 13.0. The molecule has 144 valence electrons. The van der Waals surface area contributed by atoms with E-state index in [1.54, 1.807) is 12.1 Å². The van der Waals surface area contributed by atoms with Crippen molar-refractivity contribution in [2.75, 3.05) is 19.8 Å². The van der Waals surface area contributed by atoms with Crippen molar-refractivity contribution in [3.05, 3.63) is 58.7 Å². The lowest BCUT2D eigenvalue weighted by molar-refractivity contribution is -0.150. The molecule has 0 atom stereocenters. The fourth-order valence-corrected chi connectivity index (χ4v) is 3.36. The van der Waals surface area contributed by atoms with Gasteiger partial charge >= 0.3 is 5.97 Å². The molecule has 0 bridgehead atoms. The number of carbonyl (C=O) groups excluding carboxylic acids is 2. The minimum absolute atomic E-state index is 0.183. The van der Waals surface area contributed by atoms with Gasteiger partial charge in [0.2, 0.25) is 5.78 Å². The second-order valence-electron chi connectivity index (χ2n) is 6.91. The predicted molar refractivity (Wildman–Crippen MR) is 98.2 cm³/mol. The molecule has 2 heterocycles. The fourth-order valence-electron chi connectivity index (χ4n) is 3.36. The zero-order valence-electron chi connectivity index (χ0n) is 15.7. The van der Waals surface area contributed by atoms with Crippen LogP contribution in [0.1, 0.15) is 40.2 Å². The summed E-state index contributed by atoms with van der Waals surface area (Å²) in [5, 5.41) is 0. The third kappa shape index (κ3) is 4.63. The van der Waals surface area contributed by atoms with Crippen molar-refractivity contribution >= 4 is 11.8 Å². The summed E-state index contributed by atoms with van der Waals surface area (Å²) in [6.07, 6.45) is 1.28. The number of esters is 1. The van der Waals surface area contributed by atoms with Gasteiger partial charge in [0.15, 0.2) is 6.61 Å². The number of nitrogens with zero attached hydrogens (tertiary/aromatic N) is 1. The Morgan fingerprint density at radius 2 is 1.85 bits per heavy atom. The Labute approximate surface area is 158 Å². The Bertz CT molecular complexity index is 819. The van der Waals surface area contributed by atoms with Crippen LogP contribution < -0.4 is 0 Å². The summed E-state index contributed by atoms with van der Waals surface area (Å²) in [6, 6.07) is 8.11. The van der Waals surface area contributed by atoms with Crippen molar-refractivity contribution in [3.63, 3.8) is 0 Å². The zero-order chi connectivity index (χ0) is 19.4. The van der Waals surface area contributed by atoms with Crippen LogP contribution in [0, 0.1) is 25.6 Å². The molecular weight excluding hydrogens is 349 g/mol. The maximum absolute atomic E-state index is 13.1. The molecule has 3 rings (SSSR count). The number of halogens is 1. The van der Waals surface area contributed by atoms with Gasteiger partial charge in [0.05, 0.1) is 5.92 Å². The third-order valence-corrected chi connectivity index (χ3v) is 5.03. The first-order valence-electron chi connectivity index (χ1n) is 9.14. The van der Waals surface area contributed by atoms with Crippen LogP contribution in [-0.4, -0.2) is 36.1 Å². The molecular formula is C21H24FNO4. The highest BCUT2D eigenvalue weighted by Crippen LogP contribution is 2.20. The number of ketones is 1. The molecule has 27 heavy (non-hydrogen) atoms. The van der Waals surface area contributed by atoms with Gasteiger partial charge in [0, 0.05) is 36.7 Å². The molecule has 0 N–H and O–H groups in total. The number of rotatable bonds is 6. The number of aryl methyl sites for hydroxylation is 1. The first-order valence-corrected chi connectivity index (χ1v) is 9.14. The second kappa shape index (κ2) is 8.48. The molecule has 6 heteroatoms. The Morgan fingerprint density at radius 1 is 1.19 bits per heavy atom. The van der Waals surface area contributed by atoms with Gasteiger partial charge in [-0.1, -0.05) is 12.1 Å². The van der Waals surface area contributed by atoms with E-state index in [4.69, 9.17) is 9.47 Å². The van der Waals surface area contributed by atoms with Crippen LogP contribution >= 0.6 is 0 Å². The number of hydrogen-bond acceptors (Lipinski definition) is 4. The number of Topliss-reactive ketones (excluding diaryl/α,β-unsaturated/α-hetero) is 1. The third-order valence-electron chi connectivity index (χ3n) is 5.03. The van der Waals surface area contributed by atoms with Gasteiger partial charge in [-0.05, 0) is 50.5 Å². The summed E-state index contributed by atoms with van der Waals surface area (Å²) < 4.78 is 25.6. The van der Waals surface area contributed by atoms with Crippen LogP contribution in [0.5, 0.6) is 0 Å². The van der Waals surface area contributed by atoms with Crippen LogP contribution in [0.25, 0.3) is 0 Å². The van der Waals surface area contributed by atoms with E-state index in [0.29, 0.717) is 38.2 Å². The van der Waals surface area contributed by atoms with E-state index < -0.39 is 0 Å². The average Bonchev–Trinajstić information content (AvgIpc) is 2.96. The minimum Gasteiger partial charge on any atom is -0.457 e. The molecule has 1 saturated heterocycles. The first kappa shape index (κ1) is 19.3. The van der Waals surface area contributed by atoms with E-state index in [-0.39, 0.29) is 30.1 Å². The summed E-state index contributed by atoms with van der Waals surface area (Å²) in [5.41, 5.74) is 3.23. The number of hydrogen-bond donors (Lipinski definition) is 0. The van der Waals surface area contributed by atoms with Gasteiger partial charge in [-0.25, -0.2) is 4.39 Å². The molecule has 1 aromatic carbocycles. The summed E-state index contributed by atoms with van der Waals surface area (Å²) in [5.74, 6) is -1.000. The van der Waals surface area contributed by atoms with E-state index in [1.165, 1.54) is 12.1 Å². The number of carbonyl (C=O) groups is 2. The fraction of sp³-hybridized carbons (Fsp3) is 0.429. The van der Waals surface area contributed by atoms with E-state index >= 15 is 0 Å². The zero-order valence-corrected chi connectivity index (χ0v) is 15.7. The Balaban J connectivity index is 1.64. The Morgan fingerprint density at radius 3 is 2.52 bits per heavy atom. The standard InChI is InChI=1S/C21H24FNO4/c1-14-11-19(15(2)23(14)12-16-3-5-18(22)6-4-16)20(24)13-27-21(25)17-7-9-26-10-8-17/h3-6,11,17H,7-10,12-13H2,1-2H3. The lowest BCUT2D eigenvalue weighted by atomic mass is 10.0. The molecule has 1 aromatic heterocycles. The van der Waals surface area contributed by atoms with E-state index in [1.807, 2.05) is 24.5 Å². The van der Waals surface area contributed by atoms with Gasteiger partial charge in [0.1, 0.15) is 5.82 Å². The molecule has 5 nitrogen and oxygen atoms in total. The maximum atomic E-state index is 13.1. The molecule has 1 aliphatic heterocycles. The highest BCUT2D eigenvalue weighted by Gasteiger charge is 2.24. The van der Waals surface area contributed by atoms with Gasteiger partial charge in [0.25, 0.3) is 0 Å². The molecule has 1 fully saturated rings. The Hall–Kier alpha value is -2.47. The van der Waals surface area contributed by atoms with Gasteiger partial charge in [-0.3, -0.25) is 9.59 Å². The molecule has 0 saturated carbocycles. The van der Waals surface area contributed by atoms with Crippen LogP contribution in [0.15, 0.2) is 30.3 Å². The summed E-state index contributed by atoms with van der Waals surface area (Å²) in [7, 11) is 0. The molecule has 0 spiro atoms. The summed E-state index contributed by atoms with van der Waals surface area (Å²) in [6.45, 7) is 5.19. The summed E-state index contributed by atoms with van der Waals surface area (Å²) >= 11 is 0. The Kier molecular flexibility index (Phi) is 6.06. The van der Waals surface area contributed by atoms with Crippen molar-refractivity contribution < 1.29 is 23.5 Å². The van der Waals surface area contributed by atoms with Gasteiger partial charge < -0.3 is 14.0 Å². The van der Waals surface area contributed by atoms with Crippen LogP contribution in [-0.2, 0) is 20.8 Å². The van der Waals surface area contributed by atoms with Gasteiger partial charge in [-0.15, -0.1) is 0 Å². The quantitative estimate of drug-likeness (QED) is 0.575. The molecule has 1 aliphatic rings. The van der Waals surface area contributed by atoms with Crippen LogP contribution in [0.3, 0.4) is 0 Å². The normalized spacial score (nSPS) is 14.9. The molecule has 0 unspecified atom stereocenters. The van der Waals surface area contributed by atoms with Crippen LogP contribution in [0.2, 0.25) is 0 Å². The second-order valence-corrected chi connectivity index (χ2v) is 6.91. The molecule has 2 aromatic rings. The lowest BCUT2D eigenvalue weighted by Gasteiger charge is -2.20. The highest BCUT2D eigenvalue weighted by molar-refractivity contribution is 5.99. The van der Waals surface area contributed by atoms with Crippen molar-refractivity contribution in [2.24, 2.45) is 5.92 Å². The topological polar surface area (TPSA) is 57.5 Å². The number of benzene rings is 1. The van der Waals surface area contributed by atoms with Crippen molar-refractivity contribution in [1.82, 2.24) is 4.57 Å². The smallest absolute Gasteiger partial charge is 0.309 e. The van der Waals surface area contributed by atoms with Crippen molar-refractivity contribution in [2.45, 2.75) is 33.2 Å². The predicted octanol–water partition coefficient (Wildman–Crippen LogP) is 3.44. The van der Waals surface area contributed by atoms with Gasteiger partial charge in [-0.2, -0.15) is 0 Å². The number of aromatic nitrogens is 1. The monoisotopic (exact) mass is 373 g/mol. The van der Waals surface area contributed by atoms with E-state index in [9.17, 15) is 14.0 Å². The molecule has 0 aliphatic carbocycles. The lowest BCUT2D eigenvalue weighted by Crippen LogP contribution is -2.27. The van der Waals surface area contributed by atoms with E-state index in [0.717, 1.165) is 17.0 Å². The largest absolute Gasteiger partial charge is 0.457 e. The molecule has 0 radical (unpaired) electrons. The SMILES string of the molecule is Cc1cc(C(=O)COC(=O)C2CCOCC2)c(C)n1Cc1ccc(F)cc1. The highest BCUT2D eigenvalue weighted by atomic mass is 19.1. The van der Waals surface area contributed by atoms with Crippen molar-refractivity contribution in [3.8, 4) is 0 Å². The van der Waals surface area contributed by atoms with Crippen LogP contribution in [0.4, 0.5) is 4.39 Å². The van der Waals surface area contributed by atoms with Crippen molar-refractivity contribution in [1.29, 1.82) is 0 Å².